The summed E-state index contributed by atoms with van der Waals surface area (Å²) >= 11 is 9.59. The molecule has 0 spiro atoms. The maximum absolute atomic E-state index is 5.23. The molecule has 0 heterocycles. The Balaban J connectivity index is 3.22. The van der Waals surface area contributed by atoms with Crippen LogP contribution < -0.4 is 0 Å². The van der Waals surface area contributed by atoms with Crippen LogP contribution in [0.2, 0.25) is 0 Å². The number of thiol groups is 1. The monoisotopic (exact) mass is 401 g/mol. The average Bonchev–Trinajstić information content (AvgIpc) is 2.63. The fourth-order valence-corrected chi connectivity index (χ4v) is 3.89. The van der Waals surface area contributed by atoms with Crippen molar-refractivity contribution in [2.24, 2.45) is 0 Å². The second-order valence-corrected chi connectivity index (χ2v) is 9.04. The summed E-state index contributed by atoms with van der Waals surface area (Å²) in [6.07, 6.45) is 25.2. The first-order chi connectivity index (χ1) is 12.7. The molecular weight excluding hydrogens is 354 g/mol. The Labute approximate surface area is 176 Å². The third-order valence-electron chi connectivity index (χ3n) is 5.33. The first-order valence-electron chi connectivity index (χ1n) is 11.7. The summed E-state index contributed by atoms with van der Waals surface area (Å²) in [4.78, 5) is 2.27. The Hall–Kier alpha value is 0.240. The van der Waals surface area contributed by atoms with E-state index in [2.05, 4.69) is 31.4 Å². The van der Waals surface area contributed by atoms with Gasteiger partial charge in [-0.15, -0.1) is 12.6 Å². The van der Waals surface area contributed by atoms with Crippen molar-refractivity contribution in [1.29, 1.82) is 0 Å². The summed E-state index contributed by atoms with van der Waals surface area (Å²) in [5.41, 5.74) is 0. The summed E-state index contributed by atoms with van der Waals surface area (Å²) in [5, 5.41) is 0. The van der Waals surface area contributed by atoms with Crippen LogP contribution in [0, 0.1) is 0 Å². The predicted octanol–water partition coefficient (Wildman–Crippen LogP) is 8.56. The highest BCUT2D eigenvalue weighted by Crippen LogP contribution is 2.14. The van der Waals surface area contributed by atoms with Crippen LogP contribution in [0.25, 0.3) is 0 Å². The van der Waals surface area contributed by atoms with Crippen molar-refractivity contribution in [1.82, 2.24) is 4.90 Å². The quantitative estimate of drug-likeness (QED) is 0.124. The van der Waals surface area contributed by atoms with Crippen molar-refractivity contribution >= 4 is 29.2 Å². The van der Waals surface area contributed by atoms with Crippen molar-refractivity contribution in [3.05, 3.63) is 0 Å². The number of thiocarbonyl (C=S) groups is 1. The minimum atomic E-state index is 0.777. The molecular formula is C23H47NS2. The highest BCUT2D eigenvalue weighted by atomic mass is 32.1. The Morgan fingerprint density at radius 3 is 1.19 bits per heavy atom. The zero-order valence-electron chi connectivity index (χ0n) is 17.9. The summed E-state index contributed by atoms with van der Waals surface area (Å²) in [7, 11) is 0. The molecule has 0 aliphatic rings. The molecule has 0 unspecified atom stereocenters. The Kier molecular flexibility index (Phi) is 21.7. The second-order valence-electron chi connectivity index (χ2n) is 7.93. The van der Waals surface area contributed by atoms with Gasteiger partial charge in [0.2, 0.25) is 0 Å². The van der Waals surface area contributed by atoms with E-state index in [1.807, 2.05) is 0 Å². The van der Waals surface area contributed by atoms with Gasteiger partial charge in [0.05, 0.1) is 0 Å². The van der Waals surface area contributed by atoms with Gasteiger partial charge in [0.25, 0.3) is 0 Å². The van der Waals surface area contributed by atoms with E-state index in [1.54, 1.807) is 0 Å². The van der Waals surface area contributed by atoms with E-state index in [-0.39, 0.29) is 0 Å². The fraction of sp³-hybridized carbons (Fsp3) is 0.957. The van der Waals surface area contributed by atoms with Crippen LogP contribution in [-0.4, -0.2) is 22.3 Å². The predicted molar refractivity (Wildman–Crippen MR) is 128 cm³/mol. The van der Waals surface area contributed by atoms with Gasteiger partial charge in [0.1, 0.15) is 4.32 Å². The molecule has 0 aliphatic carbocycles. The van der Waals surface area contributed by atoms with Crippen molar-refractivity contribution < 1.29 is 0 Å². The number of hydrogen-bond acceptors (Lipinski definition) is 1. The Morgan fingerprint density at radius 1 is 0.538 bits per heavy atom. The van der Waals surface area contributed by atoms with Gasteiger partial charge in [-0.3, -0.25) is 0 Å². The van der Waals surface area contributed by atoms with Gasteiger partial charge < -0.3 is 4.90 Å². The lowest BCUT2D eigenvalue weighted by Gasteiger charge is -2.22. The van der Waals surface area contributed by atoms with Gasteiger partial charge in [-0.05, 0) is 12.8 Å². The molecule has 0 N–H and O–H groups in total. The second kappa shape index (κ2) is 21.5. The first-order valence-corrected chi connectivity index (χ1v) is 12.6. The van der Waals surface area contributed by atoms with E-state index >= 15 is 0 Å². The fourth-order valence-electron chi connectivity index (χ4n) is 3.50. The number of rotatable bonds is 20. The third-order valence-corrected chi connectivity index (χ3v) is 5.87. The number of hydrogen-bond donors (Lipinski definition) is 1. The van der Waals surface area contributed by atoms with Crippen molar-refractivity contribution in [2.75, 3.05) is 13.1 Å². The number of nitrogens with zero attached hydrogens (tertiary/aromatic N) is 1. The smallest absolute Gasteiger partial charge is 0.133 e. The van der Waals surface area contributed by atoms with Crippen LogP contribution in [0.15, 0.2) is 0 Å². The lowest BCUT2D eigenvalue weighted by molar-refractivity contribution is 0.402. The van der Waals surface area contributed by atoms with Gasteiger partial charge in [0.15, 0.2) is 0 Å². The van der Waals surface area contributed by atoms with Crippen molar-refractivity contribution in [3.63, 3.8) is 0 Å². The SMILES string of the molecule is CCCCCCCCCCCCCCCCCCN(CCCC)C(=S)S. The molecule has 0 aromatic carbocycles. The topological polar surface area (TPSA) is 3.24 Å². The molecule has 0 radical (unpaired) electrons. The minimum absolute atomic E-state index is 0.777. The molecule has 0 atom stereocenters. The molecule has 0 rings (SSSR count). The van der Waals surface area contributed by atoms with Crippen molar-refractivity contribution in [3.8, 4) is 0 Å². The van der Waals surface area contributed by atoms with E-state index in [0.717, 1.165) is 17.4 Å². The molecule has 0 aromatic rings. The van der Waals surface area contributed by atoms with Crippen LogP contribution >= 0.6 is 24.8 Å². The maximum Gasteiger partial charge on any atom is 0.133 e. The van der Waals surface area contributed by atoms with Crippen LogP contribution in [0.5, 0.6) is 0 Å². The van der Waals surface area contributed by atoms with Crippen LogP contribution in [-0.2, 0) is 0 Å². The molecule has 0 aliphatic heterocycles. The van der Waals surface area contributed by atoms with Crippen LogP contribution in [0.1, 0.15) is 129 Å². The van der Waals surface area contributed by atoms with Gasteiger partial charge in [0, 0.05) is 13.1 Å². The molecule has 1 nitrogen and oxygen atoms in total. The third kappa shape index (κ3) is 19.0. The Morgan fingerprint density at radius 2 is 0.846 bits per heavy atom. The van der Waals surface area contributed by atoms with Crippen LogP contribution in [0.3, 0.4) is 0 Å². The molecule has 26 heavy (non-hydrogen) atoms. The normalized spacial score (nSPS) is 11.0. The molecule has 0 aromatic heterocycles. The summed E-state index contributed by atoms with van der Waals surface area (Å²) < 4.78 is 0.777. The molecule has 3 heteroatoms. The highest BCUT2D eigenvalue weighted by molar-refractivity contribution is 8.10. The van der Waals surface area contributed by atoms with E-state index in [9.17, 15) is 0 Å². The highest BCUT2D eigenvalue weighted by Gasteiger charge is 2.04. The van der Waals surface area contributed by atoms with E-state index in [0.29, 0.717) is 0 Å². The standard InChI is InChI=1S/C23H47NS2/c1-3-5-7-8-9-10-11-12-13-14-15-16-17-18-19-20-22-24(23(25)26)21-6-4-2/h3-22H2,1-2H3,(H,25,26). The van der Waals surface area contributed by atoms with E-state index < -0.39 is 0 Å². The maximum atomic E-state index is 5.23. The van der Waals surface area contributed by atoms with Crippen LogP contribution in [0.4, 0.5) is 0 Å². The zero-order chi connectivity index (χ0) is 19.3. The molecule has 0 fully saturated rings. The van der Waals surface area contributed by atoms with Gasteiger partial charge in [-0.2, -0.15) is 0 Å². The molecule has 0 amide bonds. The van der Waals surface area contributed by atoms with E-state index in [1.165, 1.54) is 116 Å². The summed E-state index contributed by atoms with van der Waals surface area (Å²) in [6, 6.07) is 0. The van der Waals surface area contributed by atoms with E-state index in [4.69, 9.17) is 12.2 Å². The zero-order valence-corrected chi connectivity index (χ0v) is 19.7. The molecule has 156 valence electrons. The largest absolute Gasteiger partial charge is 0.358 e. The first kappa shape index (κ1) is 26.2. The minimum Gasteiger partial charge on any atom is -0.358 e. The number of unbranched alkanes of at least 4 members (excludes halogenated alkanes) is 16. The lowest BCUT2D eigenvalue weighted by Crippen LogP contribution is -2.28. The molecule has 0 saturated carbocycles. The average molecular weight is 402 g/mol. The summed E-state index contributed by atoms with van der Waals surface area (Å²) in [5.74, 6) is 0. The van der Waals surface area contributed by atoms with Gasteiger partial charge in [-0.25, -0.2) is 0 Å². The molecule has 0 saturated heterocycles. The lowest BCUT2D eigenvalue weighted by atomic mass is 10.0. The van der Waals surface area contributed by atoms with Crippen molar-refractivity contribution in [2.45, 2.75) is 129 Å². The summed E-state index contributed by atoms with van der Waals surface area (Å²) in [6.45, 7) is 6.70. The molecule has 0 bridgehead atoms. The Bertz CT molecular complexity index is 294. The van der Waals surface area contributed by atoms with Gasteiger partial charge >= 0.3 is 0 Å². The van der Waals surface area contributed by atoms with Gasteiger partial charge in [-0.1, -0.05) is 129 Å².